The van der Waals surface area contributed by atoms with Crippen LogP contribution < -0.4 is 0 Å². The number of furan rings is 1. The summed E-state index contributed by atoms with van der Waals surface area (Å²) in [5.41, 5.74) is 0. The standard InChI is InChI=1S/C13H20ClNO2/c1-15(10-4-2-3-9-14)13(16)8-7-12-6-5-11-17-12/h5-6,11H,2-4,7-10H2,1H3. The number of carbonyl (C=O) groups is 1. The zero-order valence-electron chi connectivity index (χ0n) is 10.3. The monoisotopic (exact) mass is 257 g/mol. The number of unbranched alkanes of at least 4 members (excludes halogenated alkanes) is 2. The van der Waals surface area contributed by atoms with E-state index in [4.69, 9.17) is 16.0 Å². The van der Waals surface area contributed by atoms with Crippen molar-refractivity contribution in [3.05, 3.63) is 24.2 Å². The predicted molar refractivity (Wildman–Crippen MR) is 69.2 cm³/mol. The van der Waals surface area contributed by atoms with Crippen molar-refractivity contribution in [1.82, 2.24) is 4.90 Å². The van der Waals surface area contributed by atoms with Gasteiger partial charge >= 0.3 is 0 Å². The summed E-state index contributed by atoms with van der Waals surface area (Å²) in [6.45, 7) is 0.813. The number of aryl methyl sites for hydroxylation is 1. The highest BCUT2D eigenvalue weighted by molar-refractivity contribution is 6.17. The number of carbonyl (C=O) groups excluding carboxylic acids is 1. The predicted octanol–water partition coefficient (Wildman–Crippen LogP) is 3.08. The van der Waals surface area contributed by atoms with Crippen molar-refractivity contribution in [2.24, 2.45) is 0 Å². The first-order valence-corrected chi connectivity index (χ1v) is 6.60. The summed E-state index contributed by atoms with van der Waals surface area (Å²) >= 11 is 5.60. The van der Waals surface area contributed by atoms with Crippen molar-refractivity contribution in [3.8, 4) is 0 Å². The van der Waals surface area contributed by atoms with Gasteiger partial charge in [0.15, 0.2) is 0 Å². The fraction of sp³-hybridized carbons (Fsp3) is 0.615. The van der Waals surface area contributed by atoms with E-state index in [1.54, 1.807) is 11.2 Å². The number of rotatable bonds is 8. The van der Waals surface area contributed by atoms with Gasteiger partial charge in [-0.1, -0.05) is 6.42 Å². The molecule has 0 N–H and O–H groups in total. The maximum Gasteiger partial charge on any atom is 0.222 e. The maximum absolute atomic E-state index is 11.8. The molecule has 1 heterocycles. The minimum atomic E-state index is 0.173. The average Bonchev–Trinajstić information content (AvgIpc) is 2.84. The second-order valence-electron chi connectivity index (χ2n) is 4.14. The van der Waals surface area contributed by atoms with Crippen molar-refractivity contribution < 1.29 is 9.21 Å². The van der Waals surface area contributed by atoms with Crippen LogP contribution in [-0.2, 0) is 11.2 Å². The lowest BCUT2D eigenvalue weighted by molar-refractivity contribution is -0.130. The molecule has 0 atom stereocenters. The molecule has 0 aliphatic rings. The lowest BCUT2D eigenvalue weighted by atomic mass is 10.2. The zero-order chi connectivity index (χ0) is 12.5. The average molecular weight is 258 g/mol. The number of alkyl halides is 1. The third-order valence-electron chi connectivity index (χ3n) is 2.72. The molecular formula is C13H20ClNO2. The van der Waals surface area contributed by atoms with Crippen molar-refractivity contribution in [3.63, 3.8) is 0 Å². The van der Waals surface area contributed by atoms with Crippen LogP contribution in [0, 0.1) is 0 Å². The SMILES string of the molecule is CN(CCCCCCl)C(=O)CCc1ccco1. The first kappa shape index (κ1) is 14.1. The molecule has 96 valence electrons. The second-order valence-corrected chi connectivity index (χ2v) is 4.52. The Morgan fingerprint density at radius 3 is 2.88 bits per heavy atom. The lowest BCUT2D eigenvalue weighted by Gasteiger charge is -2.16. The molecule has 0 aliphatic carbocycles. The summed E-state index contributed by atoms with van der Waals surface area (Å²) in [4.78, 5) is 13.5. The number of halogens is 1. The van der Waals surface area contributed by atoms with Crippen molar-refractivity contribution in [2.75, 3.05) is 19.5 Å². The Hall–Kier alpha value is -0.960. The van der Waals surface area contributed by atoms with Gasteiger partial charge in [-0.05, 0) is 25.0 Å². The van der Waals surface area contributed by atoms with Crippen LogP contribution in [0.5, 0.6) is 0 Å². The van der Waals surface area contributed by atoms with Gasteiger partial charge in [-0.2, -0.15) is 0 Å². The third-order valence-corrected chi connectivity index (χ3v) is 2.99. The van der Waals surface area contributed by atoms with Gasteiger partial charge in [0.1, 0.15) is 5.76 Å². The fourth-order valence-corrected chi connectivity index (χ4v) is 1.81. The Labute approximate surface area is 108 Å². The van der Waals surface area contributed by atoms with Gasteiger partial charge in [0.25, 0.3) is 0 Å². The number of hydrogen-bond acceptors (Lipinski definition) is 2. The molecule has 0 aromatic carbocycles. The Bertz CT molecular complexity index is 311. The Morgan fingerprint density at radius 1 is 1.41 bits per heavy atom. The topological polar surface area (TPSA) is 33.5 Å². The molecule has 1 amide bonds. The van der Waals surface area contributed by atoms with Crippen LogP contribution in [0.1, 0.15) is 31.4 Å². The van der Waals surface area contributed by atoms with E-state index in [-0.39, 0.29) is 5.91 Å². The molecule has 1 rings (SSSR count). The van der Waals surface area contributed by atoms with Gasteiger partial charge in [0.2, 0.25) is 5.91 Å². The molecule has 1 aromatic heterocycles. The van der Waals surface area contributed by atoms with E-state index in [0.29, 0.717) is 18.7 Å². The van der Waals surface area contributed by atoms with E-state index >= 15 is 0 Å². The van der Waals surface area contributed by atoms with Crippen LogP contribution in [0.25, 0.3) is 0 Å². The highest BCUT2D eigenvalue weighted by Crippen LogP contribution is 2.06. The van der Waals surface area contributed by atoms with Crippen LogP contribution >= 0.6 is 11.6 Å². The van der Waals surface area contributed by atoms with E-state index in [1.165, 1.54) is 0 Å². The van der Waals surface area contributed by atoms with Crippen molar-refractivity contribution in [2.45, 2.75) is 32.1 Å². The summed E-state index contributed by atoms with van der Waals surface area (Å²) in [5.74, 6) is 1.75. The normalized spacial score (nSPS) is 10.5. The number of hydrogen-bond donors (Lipinski definition) is 0. The largest absolute Gasteiger partial charge is 0.469 e. The van der Waals surface area contributed by atoms with E-state index in [1.807, 2.05) is 19.2 Å². The Balaban J connectivity index is 2.13. The molecule has 0 spiro atoms. The van der Waals surface area contributed by atoms with E-state index in [2.05, 4.69) is 0 Å². The maximum atomic E-state index is 11.8. The third kappa shape index (κ3) is 5.78. The van der Waals surface area contributed by atoms with Crippen LogP contribution in [0.2, 0.25) is 0 Å². The molecule has 0 radical (unpaired) electrons. The highest BCUT2D eigenvalue weighted by atomic mass is 35.5. The molecule has 0 saturated heterocycles. The molecular weight excluding hydrogens is 238 g/mol. The van der Waals surface area contributed by atoms with Gasteiger partial charge < -0.3 is 9.32 Å². The number of amides is 1. The first-order valence-electron chi connectivity index (χ1n) is 6.06. The van der Waals surface area contributed by atoms with Crippen LogP contribution in [0.4, 0.5) is 0 Å². The van der Waals surface area contributed by atoms with E-state index in [9.17, 15) is 4.79 Å². The fourth-order valence-electron chi connectivity index (χ4n) is 1.62. The summed E-state index contributed by atoms with van der Waals surface area (Å²) in [7, 11) is 1.85. The zero-order valence-corrected chi connectivity index (χ0v) is 11.1. The first-order chi connectivity index (χ1) is 8.24. The van der Waals surface area contributed by atoms with Crippen molar-refractivity contribution in [1.29, 1.82) is 0 Å². The van der Waals surface area contributed by atoms with Crippen LogP contribution in [0.3, 0.4) is 0 Å². The molecule has 0 bridgehead atoms. The van der Waals surface area contributed by atoms with Gasteiger partial charge in [-0.25, -0.2) is 0 Å². The number of nitrogens with zero attached hydrogens (tertiary/aromatic N) is 1. The second kappa shape index (κ2) is 8.18. The minimum Gasteiger partial charge on any atom is -0.469 e. The quantitative estimate of drug-likeness (QED) is 0.530. The summed E-state index contributed by atoms with van der Waals surface area (Å²) in [6, 6.07) is 3.74. The molecule has 1 aromatic rings. The molecule has 0 saturated carbocycles. The van der Waals surface area contributed by atoms with Gasteiger partial charge in [0.05, 0.1) is 6.26 Å². The van der Waals surface area contributed by atoms with Crippen molar-refractivity contribution >= 4 is 17.5 Å². The molecule has 0 unspecified atom stereocenters. The summed E-state index contributed by atoms with van der Waals surface area (Å²) in [5, 5.41) is 0. The molecule has 3 nitrogen and oxygen atoms in total. The van der Waals surface area contributed by atoms with Gasteiger partial charge in [-0.3, -0.25) is 4.79 Å². The minimum absolute atomic E-state index is 0.173. The van der Waals surface area contributed by atoms with Gasteiger partial charge in [-0.15, -0.1) is 11.6 Å². The lowest BCUT2D eigenvalue weighted by Crippen LogP contribution is -2.27. The van der Waals surface area contributed by atoms with E-state index in [0.717, 1.165) is 31.6 Å². The summed E-state index contributed by atoms with van der Waals surface area (Å²) in [6.07, 6.45) is 5.96. The van der Waals surface area contributed by atoms with Gasteiger partial charge in [0, 0.05) is 32.3 Å². The molecule has 0 aliphatic heterocycles. The van der Waals surface area contributed by atoms with Crippen LogP contribution in [-0.4, -0.2) is 30.3 Å². The van der Waals surface area contributed by atoms with Crippen LogP contribution in [0.15, 0.2) is 22.8 Å². The highest BCUT2D eigenvalue weighted by Gasteiger charge is 2.09. The summed E-state index contributed by atoms with van der Waals surface area (Å²) < 4.78 is 5.19. The Morgan fingerprint density at radius 2 is 2.24 bits per heavy atom. The molecule has 0 fully saturated rings. The van der Waals surface area contributed by atoms with E-state index < -0.39 is 0 Å². The Kier molecular flexibility index (Phi) is 6.78. The molecule has 4 heteroatoms. The molecule has 17 heavy (non-hydrogen) atoms. The smallest absolute Gasteiger partial charge is 0.222 e.